The van der Waals surface area contributed by atoms with Crippen molar-refractivity contribution in [3.05, 3.63) is 65.1 Å². The smallest absolute Gasteiger partial charge is 0.228 e. The summed E-state index contributed by atoms with van der Waals surface area (Å²) in [7, 11) is 0. The Labute approximate surface area is 182 Å². The summed E-state index contributed by atoms with van der Waals surface area (Å²) in [6.45, 7) is 3.50. The van der Waals surface area contributed by atoms with Crippen molar-refractivity contribution in [2.24, 2.45) is 5.92 Å². The lowest BCUT2D eigenvalue weighted by molar-refractivity contribution is -0.117. The maximum atomic E-state index is 15.0. The number of fused-ring (bicyclic) bond motifs is 3. The summed E-state index contributed by atoms with van der Waals surface area (Å²) in [5, 5.41) is 0. The van der Waals surface area contributed by atoms with E-state index in [2.05, 4.69) is 4.90 Å². The van der Waals surface area contributed by atoms with Crippen molar-refractivity contribution in [3.63, 3.8) is 0 Å². The Morgan fingerprint density at radius 2 is 1.90 bits per heavy atom. The first-order valence-electron chi connectivity index (χ1n) is 11.2. The van der Waals surface area contributed by atoms with Gasteiger partial charge in [-0.15, -0.1) is 0 Å². The van der Waals surface area contributed by atoms with Gasteiger partial charge in [-0.25, -0.2) is 9.37 Å². The molecule has 0 spiro atoms. The third kappa shape index (κ3) is 4.35. The van der Waals surface area contributed by atoms with Crippen LogP contribution in [0.2, 0.25) is 0 Å². The number of hydrogen-bond acceptors (Lipinski definition) is 4. The molecule has 0 radical (unpaired) electrons. The maximum absolute atomic E-state index is 15.0. The summed E-state index contributed by atoms with van der Waals surface area (Å²) in [5.41, 5.74) is 2.74. The van der Waals surface area contributed by atoms with Crippen LogP contribution in [-0.2, 0) is 11.2 Å². The standard InChI is InChI=1S/C25H28FN3O2/c26-21(20-16-28-13-10-19(20)11-14-28)17-31-23-8-9-24(29-12-4-7-25(29)30)27-22(23)15-18-5-2-1-3-6-18/h1-3,5-6,8-9,19H,4,7,10-17H2/b21-20-. The van der Waals surface area contributed by atoms with Crippen molar-refractivity contribution in [3.8, 4) is 5.75 Å². The van der Waals surface area contributed by atoms with Gasteiger partial charge in [-0.1, -0.05) is 30.3 Å². The summed E-state index contributed by atoms with van der Waals surface area (Å²) >= 11 is 0. The lowest BCUT2D eigenvalue weighted by Crippen LogP contribution is -2.43. The molecule has 1 amide bonds. The Kier molecular flexibility index (Phi) is 5.72. The van der Waals surface area contributed by atoms with Crippen molar-refractivity contribution in [1.82, 2.24) is 9.88 Å². The summed E-state index contributed by atoms with van der Waals surface area (Å²) in [6, 6.07) is 13.7. The number of amides is 1. The number of halogens is 1. The number of rotatable bonds is 6. The maximum Gasteiger partial charge on any atom is 0.228 e. The van der Waals surface area contributed by atoms with Crippen LogP contribution in [-0.4, -0.2) is 48.6 Å². The number of pyridine rings is 1. The van der Waals surface area contributed by atoms with E-state index in [0.717, 1.165) is 55.7 Å². The van der Waals surface area contributed by atoms with Crippen LogP contribution < -0.4 is 9.64 Å². The number of piperidine rings is 3. The molecular weight excluding hydrogens is 393 g/mol. The number of anilines is 1. The minimum atomic E-state index is -0.140. The average Bonchev–Trinajstić information content (AvgIpc) is 3.25. The van der Waals surface area contributed by atoms with Gasteiger partial charge in [0.2, 0.25) is 5.91 Å². The molecule has 0 atom stereocenters. The zero-order chi connectivity index (χ0) is 21.2. The van der Waals surface area contributed by atoms with Crippen molar-refractivity contribution in [1.29, 1.82) is 0 Å². The Morgan fingerprint density at radius 1 is 1.10 bits per heavy atom. The van der Waals surface area contributed by atoms with Crippen LogP contribution in [0.4, 0.5) is 10.2 Å². The first kappa shape index (κ1) is 20.2. The largest absolute Gasteiger partial charge is 0.485 e. The summed E-state index contributed by atoms with van der Waals surface area (Å²) in [6.07, 6.45) is 4.07. The predicted octanol–water partition coefficient (Wildman–Crippen LogP) is 4.13. The number of carbonyl (C=O) groups is 1. The number of ether oxygens (including phenoxy) is 1. The SMILES string of the molecule is O=C1CCCN1c1ccc(OC/C(F)=C2\CN3CCC2CC3)c(Cc2ccccc2)n1. The lowest BCUT2D eigenvalue weighted by atomic mass is 9.83. The van der Waals surface area contributed by atoms with Crippen LogP contribution >= 0.6 is 0 Å². The fourth-order valence-corrected chi connectivity index (χ4v) is 4.92. The first-order chi connectivity index (χ1) is 15.2. The van der Waals surface area contributed by atoms with Gasteiger partial charge in [0.1, 0.15) is 24.0 Å². The predicted molar refractivity (Wildman–Crippen MR) is 118 cm³/mol. The molecule has 0 aliphatic carbocycles. The van der Waals surface area contributed by atoms with Crippen molar-refractivity contribution < 1.29 is 13.9 Å². The monoisotopic (exact) mass is 421 g/mol. The fraction of sp³-hybridized carbons (Fsp3) is 0.440. The van der Waals surface area contributed by atoms with Gasteiger partial charge in [0.15, 0.2) is 0 Å². The molecule has 0 N–H and O–H groups in total. The third-order valence-corrected chi connectivity index (χ3v) is 6.66. The molecule has 0 saturated carbocycles. The second-order valence-corrected chi connectivity index (χ2v) is 8.69. The highest BCUT2D eigenvalue weighted by Gasteiger charge is 2.32. The highest BCUT2D eigenvalue weighted by Crippen LogP contribution is 2.34. The second-order valence-electron chi connectivity index (χ2n) is 8.69. The molecule has 2 bridgehead atoms. The quantitative estimate of drug-likeness (QED) is 0.704. The molecule has 4 saturated heterocycles. The van der Waals surface area contributed by atoms with E-state index >= 15 is 4.39 Å². The second kappa shape index (κ2) is 8.79. The summed E-state index contributed by atoms with van der Waals surface area (Å²) in [5.74, 6) is 1.55. The molecular formula is C25H28FN3O2. The molecule has 6 heteroatoms. The molecule has 1 aromatic heterocycles. The van der Waals surface area contributed by atoms with E-state index in [4.69, 9.17) is 9.72 Å². The van der Waals surface area contributed by atoms with Crippen LogP contribution in [0.15, 0.2) is 53.9 Å². The van der Waals surface area contributed by atoms with E-state index in [1.54, 1.807) is 4.90 Å². The third-order valence-electron chi connectivity index (χ3n) is 6.66. The van der Waals surface area contributed by atoms with Gasteiger partial charge in [-0.2, -0.15) is 0 Å². The van der Waals surface area contributed by atoms with Gasteiger partial charge in [0.05, 0.1) is 5.69 Å². The number of carbonyl (C=O) groups excluding carboxylic acids is 1. The topological polar surface area (TPSA) is 45.7 Å². The molecule has 4 aliphatic heterocycles. The van der Waals surface area contributed by atoms with Crippen LogP contribution in [0.3, 0.4) is 0 Å². The zero-order valence-corrected chi connectivity index (χ0v) is 17.7. The van der Waals surface area contributed by atoms with Crippen LogP contribution in [0.1, 0.15) is 36.9 Å². The van der Waals surface area contributed by atoms with Gasteiger partial charge in [0, 0.05) is 25.9 Å². The van der Waals surface area contributed by atoms with Crippen molar-refractivity contribution >= 4 is 11.7 Å². The number of benzene rings is 1. The molecule has 4 fully saturated rings. The van der Waals surface area contributed by atoms with Gasteiger partial charge in [-0.05, 0) is 61.5 Å². The Morgan fingerprint density at radius 3 is 2.58 bits per heavy atom. The Hall–Kier alpha value is -2.73. The van der Waals surface area contributed by atoms with E-state index in [-0.39, 0.29) is 18.3 Å². The number of aromatic nitrogens is 1. The van der Waals surface area contributed by atoms with E-state index in [1.807, 2.05) is 42.5 Å². The van der Waals surface area contributed by atoms with Gasteiger partial charge in [0.25, 0.3) is 0 Å². The van der Waals surface area contributed by atoms with E-state index < -0.39 is 0 Å². The first-order valence-corrected chi connectivity index (χ1v) is 11.2. The average molecular weight is 422 g/mol. The molecule has 2 aromatic rings. The van der Waals surface area contributed by atoms with Crippen LogP contribution in [0.5, 0.6) is 5.75 Å². The molecule has 0 unspecified atom stereocenters. The van der Waals surface area contributed by atoms with Gasteiger partial charge < -0.3 is 4.74 Å². The van der Waals surface area contributed by atoms with Crippen molar-refractivity contribution in [2.45, 2.75) is 32.1 Å². The van der Waals surface area contributed by atoms with E-state index in [1.165, 1.54) is 0 Å². The fourth-order valence-electron chi connectivity index (χ4n) is 4.92. The van der Waals surface area contributed by atoms with E-state index in [0.29, 0.717) is 36.9 Å². The molecule has 162 valence electrons. The number of hydrogen-bond donors (Lipinski definition) is 0. The highest BCUT2D eigenvalue weighted by molar-refractivity contribution is 5.94. The van der Waals surface area contributed by atoms with Crippen LogP contribution in [0, 0.1) is 5.92 Å². The van der Waals surface area contributed by atoms with Gasteiger partial charge in [-0.3, -0.25) is 14.6 Å². The zero-order valence-electron chi connectivity index (χ0n) is 17.7. The minimum absolute atomic E-state index is 0.0644. The summed E-state index contributed by atoms with van der Waals surface area (Å²) < 4.78 is 21.0. The Bertz CT molecular complexity index is 984. The number of nitrogens with zero attached hydrogens (tertiary/aromatic N) is 3. The Balaban J connectivity index is 1.38. The molecule has 6 rings (SSSR count). The molecule has 1 aromatic carbocycles. The van der Waals surface area contributed by atoms with Crippen molar-refractivity contribution in [2.75, 3.05) is 37.7 Å². The highest BCUT2D eigenvalue weighted by atomic mass is 19.1. The molecule has 31 heavy (non-hydrogen) atoms. The van der Waals surface area contributed by atoms with Crippen LogP contribution in [0.25, 0.3) is 0 Å². The molecule has 5 nitrogen and oxygen atoms in total. The molecule has 5 heterocycles. The lowest BCUT2D eigenvalue weighted by Gasteiger charge is -2.41. The normalized spacial score (nSPS) is 24.5. The minimum Gasteiger partial charge on any atom is -0.485 e. The van der Waals surface area contributed by atoms with Gasteiger partial charge >= 0.3 is 0 Å². The molecule has 4 aliphatic rings. The van der Waals surface area contributed by atoms with E-state index in [9.17, 15) is 4.79 Å². The summed E-state index contributed by atoms with van der Waals surface area (Å²) in [4.78, 5) is 21.0.